The summed E-state index contributed by atoms with van der Waals surface area (Å²) in [6.45, 7) is 0. The average molecular weight is 182 g/mol. The number of dihydropyridines is 1. The highest BCUT2D eigenvalue weighted by molar-refractivity contribution is 6.25. The quantitative estimate of drug-likeness (QED) is 0.568. The van der Waals surface area contributed by atoms with Crippen molar-refractivity contribution in [2.45, 2.75) is 11.4 Å². The van der Waals surface area contributed by atoms with Gasteiger partial charge in [0.1, 0.15) is 6.04 Å². The first-order valence-electron chi connectivity index (χ1n) is 3.78. The van der Waals surface area contributed by atoms with Crippen molar-refractivity contribution in [3.05, 3.63) is 36.1 Å². The molecule has 0 aromatic carbocycles. The lowest BCUT2D eigenvalue weighted by molar-refractivity contribution is -0.115. The van der Waals surface area contributed by atoms with Crippen LogP contribution in [0.2, 0.25) is 0 Å². The SMILES string of the molecule is O=C1C=CC(Cl)C2=CC=CNC12. The van der Waals surface area contributed by atoms with Crippen molar-refractivity contribution >= 4 is 17.4 Å². The first kappa shape index (κ1) is 7.62. The number of halogens is 1. The lowest BCUT2D eigenvalue weighted by Crippen LogP contribution is -2.40. The van der Waals surface area contributed by atoms with Crippen LogP contribution in [0.25, 0.3) is 0 Å². The molecular weight excluding hydrogens is 174 g/mol. The van der Waals surface area contributed by atoms with Gasteiger partial charge in [-0.25, -0.2) is 0 Å². The Bertz CT molecular complexity index is 304. The van der Waals surface area contributed by atoms with Gasteiger partial charge in [-0.3, -0.25) is 4.79 Å². The molecule has 3 heteroatoms. The molecule has 12 heavy (non-hydrogen) atoms. The highest BCUT2D eigenvalue weighted by Crippen LogP contribution is 2.23. The predicted octanol–water partition coefficient (Wildman–Crippen LogP) is 1.14. The molecule has 0 aromatic heterocycles. The summed E-state index contributed by atoms with van der Waals surface area (Å²) in [5.74, 6) is 0.0718. The molecule has 1 heterocycles. The van der Waals surface area contributed by atoms with Crippen LogP contribution < -0.4 is 5.32 Å². The van der Waals surface area contributed by atoms with E-state index in [1.807, 2.05) is 12.2 Å². The maximum Gasteiger partial charge on any atom is 0.181 e. The van der Waals surface area contributed by atoms with Crippen LogP contribution >= 0.6 is 11.6 Å². The second kappa shape index (κ2) is 2.79. The molecule has 0 radical (unpaired) electrons. The summed E-state index contributed by atoms with van der Waals surface area (Å²) in [7, 11) is 0. The monoisotopic (exact) mass is 181 g/mol. The maximum absolute atomic E-state index is 11.3. The van der Waals surface area contributed by atoms with Gasteiger partial charge in [-0.2, -0.15) is 0 Å². The van der Waals surface area contributed by atoms with Gasteiger partial charge in [0, 0.05) is 0 Å². The Morgan fingerprint density at radius 2 is 2.33 bits per heavy atom. The second-order valence-electron chi connectivity index (χ2n) is 2.79. The average Bonchev–Trinajstić information content (AvgIpc) is 2.12. The van der Waals surface area contributed by atoms with Crippen LogP contribution in [0.5, 0.6) is 0 Å². The Balaban J connectivity index is 2.39. The van der Waals surface area contributed by atoms with Crippen LogP contribution in [0.1, 0.15) is 0 Å². The molecule has 0 aromatic rings. The van der Waals surface area contributed by atoms with Crippen molar-refractivity contribution in [3.8, 4) is 0 Å². The topological polar surface area (TPSA) is 29.1 Å². The number of ketones is 1. The van der Waals surface area contributed by atoms with E-state index in [2.05, 4.69) is 5.32 Å². The van der Waals surface area contributed by atoms with E-state index >= 15 is 0 Å². The minimum absolute atomic E-state index is 0.0718. The summed E-state index contributed by atoms with van der Waals surface area (Å²) < 4.78 is 0. The molecule has 1 N–H and O–H groups in total. The lowest BCUT2D eigenvalue weighted by atomic mass is 9.92. The molecule has 2 rings (SSSR count). The number of hydrogen-bond acceptors (Lipinski definition) is 2. The molecule has 1 aliphatic heterocycles. The lowest BCUT2D eigenvalue weighted by Gasteiger charge is -2.26. The molecule has 2 atom stereocenters. The molecular formula is C9H8ClNO. The van der Waals surface area contributed by atoms with E-state index in [0.717, 1.165) is 5.57 Å². The molecule has 2 nitrogen and oxygen atoms in total. The number of hydrogen-bond donors (Lipinski definition) is 1. The van der Waals surface area contributed by atoms with Crippen LogP contribution in [-0.4, -0.2) is 17.2 Å². The van der Waals surface area contributed by atoms with Crippen LogP contribution in [0.4, 0.5) is 0 Å². The summed E-state index contributed by atoms with van der Waals surface area (Å²) in [6, 6.07) is -0.234. The van der Waals surface area contributed by atoms with E-state index in [0.29, 0.717) is 0 Å². The molecule has 1 aliphatic carbocycles. The van der Waals surface area contributed by atoms with Crippen LogP contribution in [0.15, 0.2) is 36.1 Å². The van der Waals surface area contributed by atoms with Crippen LogP contribution in [0.3, 0.4) is 0 Å². The van der Waals surface area contributed by atoms with E-state index in [9.17, 15) is 4.79 Å². The van der Waals surface area contributed by atoms with Gasteiger partial charge in [0.25, 0.3) is 0 Å². The zero-order valence-corrected chi connectivity index (χ0v) is 7.08. The predicted molar refractivity (Wildman–Crippen MR) is 47.9 cm³/mol. The Kier molecular flexibility index (Phi) is 1.77. The smallest absolute Gasteiger partial charge is 0.181 e. The Labute approximate surface area is 75.6 Å². The number of allylic oxidation sites excluding steroid dienone is 3. The first-order valence-corrected chi connectivity index (χ1v) is 4.21. The summed E-state index contributed by atoms with van der Waals surface area (Å²) in [5.41, 5.74) is 0.937. The van der Waals surface area contributed by atoms with Gasteiger partial charge in [-0.05, 0) is 23.9 Å². The van der Waals surface area contributed by atoms with Gasteiger partial charge in [0.2, 0.25) is 0 Å². The maximum atomic E-state index is 11.3. The Morgan fingerprint density at radius 1 is 1.50 bits per heavy atom. The highest BCUT2D eigenvalue weighted by Gasteiger charge is 2.28. The van der Waals surface area contributed by atoms with Gasteiger partial charge in [0.15, 0.2) is 5.78 Å². The normalized spacial score (nSPS) is 32.4. The third-order valence-electron chi connectivity index (χ3n) is 2.01. The fraction of sp³-hybridized carbons (Fsp3) is 0.222. The summed E-state index contributed by atoms with van der Waals surface area (Å²) in [5, 5.41) is 2.82. The molecule has 0 amide bonds. The Hall–Kier alpha value is -1.02. The van der Waals surface area contributed by atoms with Gasteiger partial charge in [0.05, 0.1) is 5.38 Å². The van der Waals surface area contributed by atoms with Crippen molar-refractivity contribution in [1.82, 2.24) is 5.32 Å². The summed E-state index contributed by atoms with van der Waals surface area (Å²) >= 11 is 5.97. The second-order valence-corrected chi connectivity index (χ2v) is 3.26. The highest BCUT2D eigenvalue weighted by atomic mass is 35.5. The van der Waals surface area contributed by atoms with E-state index < -0.39 is 0 Å². The van der Waals surface area contributed by atoms with Gasteiger partial charge < -0.3 is 5.32 Å². The van der Waals surface area contributed by atoms with Crippen LogP contribution in [0, 0.1) is 0 Å². The van der Waals surface area contributed by atoms with Crippen molar-refractivity contribution in [2.24, 2.45) is 0 Å². The fourth-order valence-electron chi connectivity index (χ4n) is 1.39. The van der Waals surface area contributed by atoms with E-state index in [-0.39, 0.29) is 17.2 Å². The number of carbonyl (C=O) groups is 1. The van der Waals surface area contributed by atoms with Gasteiger partial charge in [-0.1, -0.05) is 12.2 Å². The van der Waals surface area contributed by atoms with Crippen molar-refractivity contribution in [2.75, 3.05) is 0 Å². The fourth-order valence-corrected chi connectivity index (χ4v) is 1.66. The third kappa shape index (κ3) is 1.08. The Morgan fingerprint density at radius 3 is 3.08 bits per heavy atom. The minimum Gasteiger partial charge on any atom is -0.378 e. The number of carbonyl (C=O) groups excluding carboxylic acids is 1. The molecule has 0 saturated heterocycles. The minimum atomic E-state index is -0.234. The molecule has 2 unspecified atom stereocenters. The molecule has 0 saturated carbocycles. The third-order valence-corrected chi connectivity index (χ3v) is 2.41. The molecule has 0 fully saturated rings. The van der Waals surface area contributed by atoms with Gasteiger partial charge >= 0.3 is 0 Å². The molecule has 0 bridgehead atoms. The van der Waals surface area contributed by atoms with Crippen molar-refractivity contribution in [3.63, 3.8) is 0 Å². The molecule has 0 spiro atoms. The van der Waals surface area contributed by atoms with E-state index in [1.165, 1.54) is 6.08 Å². The van der Waals surface area contributed by atoms with Crippen molar-refractivity contribution < 1.29 is 4.79 Å². The number of nitrogens with one attached hydrogen (secondary N) is 1. The number of rotatable bonds is 0. The molecule has 62 valence electrons. The number of alkyl halides is 1. The van der Waals surface area contributed by atoms with Gasteiger partial charge in [-0.15, -0.1) is 11.6 Å². The number of fused-ring (bicyclic) bond motifs is 1. The summed E-state index contributed by atoms with van der Waals surface area (Å²) in [4.78, 5) is 11.3. The van der Waals surface area contributed by atoms with E-state index in [4.69, 9.17) is 11.6 Å². The summed E-state index contributed by atoms with van der Waals surface area (Å²) in [6.07, 6.45) is 8.75. The zero-order valence-electron chi connectivity index (χ0n) is 6.33. The standard InChI is InChI=1S/C9H8ClNO/c10-7-3-4-8(12)9-6(7)2-1-5-11-9/h1-5,7,9,11H. The largest absolute Gasteiger partial charge is 0.378 e. The first-order chi connectivity index (χ1) is 5.79. The zero-order chi connectivity index (χ0) is 8.55. The molecule has 2 aliphatic rings. The van der Waals surface area contributed by atoms with Crippen LogP contribution in [-0.2, 0) is 4.79 Å². The van der Waals surface area contributed by atoms with Crippen molar-refractivity contribution in [1.29, 1.82) is 0 Å². The van der Waals surface area contributed by atoms with E-state index in [1.54, 1.807) is 12.3 Å².